The highest BCUT2D eigenvalue weighted by Crippen LogP contribution is 2.07. The molecular formula is C14H30N2O. The SMILES string of the molecule is CC(C)NCCCCCN1CCCOC(C)C1. The first-order valence-corrected chi connectivity index (χ1v) is 7.26. The van der Waals surface area contributed by atoms with E-state index in [1.54, 1.807) is 0 Å². The molecule has 1 aliphatic heterocycles. The molecule has 1 rings (SSSR count). The number of unbranched alkanes of at least 4 members (excludes halogenated alkanes) is 2. The van der Waals surface area contributed by atoms with Crippen LogP contribution >= 0.6 is 0 Å². The van der Waals surface area contributed by atoms with E-state index in [1.165, 1.54) is 38.8 Å². The summed E-state index contributed by atoms with van der Waals surface area (Å²) in [5.41, 5.74) is 0. The zero-order chi connectivity index (χ0) is 12.5. The smallest absolute Gasteiger partial charge is 0.0673 e. The second kappa shape index (κ2) is 8.90. The molecule has 1 atom stereocenters. The molecule has 0 aromatic carbocycles. The molecule has 0 bridgehead atoms. The Hall–Kier alpha value is -0.120. The van der Waals surface area contributed by atoms with Crippen LogP contribution in [0, 0.1) is 0 Å². The predicted octanol–water partition coefficient (Wildman–Crippen LogP) is 2.27. The van der Waals surface area contributed by atoms with Gasteiger partial charge in [-0.1, -0.05) is 20.3 Å². The van der Waals surface area contributed by atoms with E-state index >= 15 is 0 Å². The Kier molecular flexibility index (Phi) is 7.82. The Morgan fingerprint density at radius 2 is 2.12 bits per heavy atom. The summed E-state index contributed by atoms with van der Waals surface area (Å²) in [5, 5.41) is 3.47. The van der Waals surface area contributed by atoms with Crippen LogP contribution in [0.15, 0.2) is 0 Å². The molecule has 0 aromatic rings. The van der Waals surface area contributed by atoms with Gasteiger partial charge in [0.25, 0.3) is 0 Å². The summed E-state index contributed by atoms with van der Waals surface area (Å²) in [7, 11) is 0. The second-order valence-corrected chi connectivity index (χ2v) is 5.51. The van der Waals surface area contributed by atoms with E-state index in [0.717, 1.165) is 19.7 Å². The van der Waals surface area contributed by atoms with Crippen LogP contribution in [0.1, 0.15) is 46.5 Å². The molecule has 1 unspecified atom stereocenters. The molecule has 3 nitrogen and oxygen atoms in total. The lowest BCUT2D eigenvalue weighted by molar-refractivity contribution is 0.0675. The molecule has 3 heteroatoms. The number of hydrogen-bond donors (Lipinski definition) is 1. The molecule has 0 amide bonds. The molecule has 1 fully saturated rings. The maximum Gasteiger partial charge on any atom is 0.0673 e. The van der Waals surface area contributed by atoms with Gasteiger partial charge in [-0.15, -0.1) is 0 Å². The highest BCUT2D eigenvalue weighted by molar-refractivity contribution is 4.66. The molecule has 0 radical (unpaired) electrons. The molecule has 1 heterocycles. The van der Waals surface area contributed by atoms with Crippen molar-refractivity contribution in [1.82, 2.24) is 10.2 Å². The number of ether oxygens (including phenoxy) is 1. The first-order chi connectivity index (χ1) is 8.18. The normalized spacial score (nSPS) is 22.9. The van der Waals surface area contributed by atoms with Crippen molar-refractivity contribution in [3.05, 3.63) is 0 Å². The van der Waals surface area contributed by atoms with Crippen LogP contribution in [0.5, 0.6) is 0 Å². The summed E-state index contributed by atoms with van der Waals surface area (Å²) in [4.78, 5) is 2.56. The summed E-state index contributed by atoms with van der Waals surface area (Å²) in [5.74, 6) is 0. The average Bonchev–Trinajstić information content (AvgIpc) is 2.47. The van der Waals surface area contributed by atoms with E-state index in [-0.39, 0.29) is 0 Å². The van der Waals surface area contributed by atoms with Crippen LogP contribution in [-0.4, -0.2) is 49.8 Å². The van der Waals surface area contributed by atoms with Crippen molar-refractivity contribution in [2.45, 2.75) is 58.6 Å². The fraction of sp³-hybridized carbons (Fsp3) is 1.00. The summed E-state index contributed by atoms with van der Waals surface area (Å²) in [6, 6.07) is 0.624. The van der Waals surface area contributed by atoms with Crippen molar-refractivity contribution in [2.75, 3.05) is 32.8 Å². The second-order valence-electron chi connectivity index (χ2n) is 5.51. The van der Waals surface area contributed by atoms with Crippen LogP contribution in [0.4, 0.5) is 0 Å². The zero-order valence-corrected chi connectivity index (χ0v) is 11.9. The fourth-order valence-electron chi connectivity index (χ4n) is 2.31. The maximum absolute atomic E-state index is 5.65. The molecule has 0 aliphatic carbocycles. The van der Waals surface area contributed by atoms with Gasteiger partial charge in [-0.2, -0.15) is 0 Å². The Bertz CT molecular complexity index is 185. The Balaban J connectivity index is 1.97. The monoisotopic (exact) mass is 242 g/mol. The molecule has 0 saturated carbocycles. The van der Waals surface area contributed by atoms with Crippen molar-refractivity contribution < 1.29 is 4.74 Å². The third kappa shape index (κ3) is 7.74. The van der Waals surface area contributed by atoms with Crippen molar-refractivity contribution in [1.29, 1.82) is 0 Å². The Morgan fingerprint density at radius 1 is 1.29 bits per heavy atom. The largest absolute Gasteiger partial charge is 0.377 e. The van der Waals surface area contributed by atoms with Crippen LogP contribution in [0.2, 0.25) is 0 Å². The van der Waals surface area contributed by atoms with Gasteiger partial charge in [-0.3, -0.25) is 0 Å². The lowest BCUT2D eigenvalue weighted by atomic mass is 10.2. The van der Waals surface area contributed by atoms with Gasteiger partial charge in [0.05, 0.1) is 6.10 Å². The van der Waals surface area contributed by atoms with E-state index in [2.05, 4.69) is 31.0 Å². The third-order valence-corrected chi connectivity index (χ3v) is 3.24. The lowest BCUT2D eigenvalue weighted by Gasteiger charge is -2.21. The van der Waals surface area contributed by atoms with Crippen LogP contribution < -0.4 is 5.32 Å². The van der Waals surface area contributed by atoms with Crippen LogP contribution in [-0.2, 0) is 4.74 Å². The summed E-state index contributed by atoms with van der Waals surface area (Å²) in [6.45, 7) is 12.3. The van der Waals surface area contributed by atoms with Gasteiger partial charge in [0.2, 0.25) is 0 Å². The number of nitrogens with one attached hydrogen (secondary N) is 1. The van der Waals surface area contributed by atoms with Gasteiger partial charge in [0.15, 0.2) is 0 Å². The standard InChI is InChI=1S/C14H30N2O/c1-13(2)15-8-5-4-6-9-16-10-7-11-17-14(3)12-16/h13-15H,4-12H2,1-3H3. The van der Waals surface area contributed by atoms with Gasteiger partial charge >= 0.3 is 0 Å². The predicted molar refractivity (Wildman–Crippen MR) is 73.5 cm³/mol. The minimum absolute atomic E-state index is 0.417. The first-order valence-electron chi connectivity index (χ1n) is 7.26. The molecule has 1 N–H and O–H groups in total. The topological polar surface area (TPSA) is 24.5 Å². The molecule has 102 valence electrons. The van der Waals surface area contributed by atoms with E-state index < -0.39 is 0 Å². The quantitative estimate of drug-likeness (QED) is 0.693. The molecule has 1 saturated heterocycles. The molecule has 17 heavy (non-hydrogen) atoms. The fourth-order valence-corrected chi connectivity index (χ4v) is 2.31. The Morgan fingerprint density at radius 3 is 2.88 bits per heavy atom. The Labute approximate surface area is 107 Å². The molecule has 1 aliphatic rings. The van der Waals surface area contributed by atoms with Gasteiger partial charge in [0, 0.05) is 25.7 Å². The first kappa shape index (κ1) is 14.9. The van der Waals surface area contributed by atoms with Gasteiger partial charge < -0.3 is 15.0 Å². The third-order valence-electron chi connectivity index (χ3n) is 3.24. The van der Waals surface area contributed by atoms with E-state index in [0.29, 0.717) is 12.1 Å². The maximum atomic E-state index is 5.65. The minimum Gasteiger partial charge on any atom is -0.377 e. The summed E-state index contributed by atoms with van der Waals surface area (Å²) < 4.78 is 5.65. The lowest BCUT2D eigenvalue weighted by Crippen LogP contribution is -2.31. The summed E-state index contributed by atoms with van der Waals surface area (Å²) in [6.07, 6.45) is 5.58. The molecular weight excluding hydrogens is 212 g/mol. The van der Waals surface area contributed by atoms with Crippen molar-refractivity contribution >= 4 is 0 Å². The average molecular weight is 242 g/mol. The van der Waals surface area contributed by atoms with Crippen LogP contribution in [0.25, 0.3) is 0 Å². The molecule has 0 aromatic heterocycles. The number of nitrogens with zero attached hydrogens (tertiary/aromatic N) is 1. The van der Waals surface area contributed by atoms with Gasteiger partial charge in [0.1, 0.15) is 0 Å². The van der Waals surface area contributed by atoms with Crippen molar-refractivity contribution in [2.24, 2.45) is 0 Å². The van der Waals surface area contributed by atoms with Gasteiger partial charge in [-0.05, 0) is 39.3 Å². The zero-order valence-electron chi connectivity index (χ0n) is 11.9. The van der Waals surface area contributed by atoms with Crippen molar-refractivity contribution in [3.63, 3.8) is 0 Å². The molecule has 0 spiro atoms. The van der Waals surface area contributed by atoms with Crippen molar-refractivity contribution in [3.8, 4) is 0 Å². The van der Waals surface area contributed by atoms with E-state index in [4.69, 9.17) is 4.74 Å². The highest BCUT2D eigenvalue weighted by Gasteiger charge is 2.13. The number of rotatable bonds is 7. The number of hydrogen-bond acceptors (Lipinski definition) is 3. The summed E-state index contributed by atoms with van der Waals surface area (Å²) >= 11 is 0. The van der Waals surface area contributed by atoms with Crippen LogP contribution in [0.3, 0.4) is 0 Å². The highest BCUT2D eigenvalue weighted by atomic mass is 16.5. The van der Waals surface area contributed by atoms with Gasteiger partial charge in [-0.25, -0.2) is 0 Å². The van der Waals surface area contributed by atoms with E-state index in [1.807, 2.05) is 0 Å². The minimum atomic E-state index is 0.417. The van der Waals surface area contributed by atoms with E-state index in [9.17, 15) is 0 Å².